The predicted molar refractivity (Wildman–Crippen MR) is 194 cm³/mol. The third-order valence-corrected chi connectivity index (χ3v) is 9.97. The van der Waals surface area contributed by atoms with E-state index in [0.29, 0.717) is 34.7 Å². The van der Waals surface area contributed by atoms with E-state index in [2.05, 4.69) is 49.0 Å². The molecule has 7 rings (SSSR count). The summed E-state index contributed by atoms with van der Waals surface area (Å²) in [5.74, 6) is 1.11. The van der Waals surface area contributed by atoms with Gasteiger partial charge in [0.05, 0.1) is 33.4 Å². The van der Waals surface area contributed by atoms with Crippen LogP contribution in [0, 0.1) is 26.6 Å². The summed E-state index contributed by atoms with van der Waals surface area (Å²) in [5, 5.41) is 6.75. The molecule has 3 N–H and O–H groups in total. The van der Waals surface area contributed by atoms with Gasteiger partial charge in [-0.3, -0.25) is 9.35 Å². The van der Waals surface area contributed by atoms with E-state index >= 15 is 0 Å². The van der Waals surface area contributed by atoms with Crippen LogP contribution in [0.3, 0.4) is 0 Å². The Morgan fingerprint density at radius 1 is 0.922 bits per heavy atom. The standard InChI is InChI=1S/C30H35FN8O.C7H8O3S/c1-17(2)39-19(4)34-25-9-5-20(15-26(25)39)28-24(31)16-32-30(37-28)36-27-10-8-23(18(3)33-27)29(40)38-13-11-22(12-14-38)35-21-6-7-21;1-6-2-4-7(5-3-6)11(8,9)10/h5,8-10,15-17,21-22,35H,6-7,11-14H2,1-4H3,(H,32,33,36,37);2-5H,1H3,(H,8,9,10). The minimum atomic E-state index is -4.02. The normalized spacial score (nSPS) is 15.2. The molecule has 12 nitrogen and oxygen atoms in total. The van der Waals surface area contributed by atoms with Crippen LogP contribution in [0.2, 0.25) is 0 Å². The molecule has 4 heterocycles. The Morgan fingerprint density at radius 3 is 2.24 bits per heavy atom. The number of fused-ring (bicyclic) bond motifs is 1. The molecule has 0 spiro atoms. The first-order chi connectivity index (χ1) is 24.3. The lowest BCUT2D eigenvalue weighted by Gasteiger charge is -2.32. The second-order valence-electron chi connectivity index (χ2n) is 13.5. The van der Waals surface area contributed by atoms with Crippen molar-refractivity contribution in [1.82, 2.24) is 34.7 Å². The van der Waals surface area contributed by atoms with Gasteiger partial charge in [-0.15, -0.1) is 0 Å². The molecule has 268 valence electrons. The number of hydrogen-bond donors (Lipinski definition) is 3. The summed E-state index contributed by atoms with van der Waals surface area (Å²) in [5.41, 5.74) is 4.78. The number of anilines is 2. The first kappa shape index (κ1) is 36.0. The van der Waals surface area contributed by atoms with E-state index in [4.69, 9.17) is 4.55 Å². The average Bonchev–Trinajstić information content (AvgIpc) is 3.84. The maximum absolute atomic E-state index is 14.9. The summed E-state index contributed by atoms with van der Waals surface area (Å²) >= 11 is 0. The molecule has 0 bridgehead atoms. The number of hydrogen-bond acceptors (Lipinski definition) is 9. The summed E-state index contributed by atoms with van der Waals surface area (Å²) in [6, 6.07) is 16.5. The number of piperidine rings is 1. The van der Waals surface area contributed by atoms with Gasteiger partial charge in [0, 0.05) is 36.8 Å². The summed E-state index contributed by atoms with van der Waals surface area (Å²) < 4.78 is 46.6. The Kier molecular flexibility index (Phi) is 10.5. The fourth-order valence-electron chi connectivity index (χ4n) is 6.33. The van der Waals surface area contributed by atoms with Crippen molar-refractivity contribution < 1.29 is 22.2 Å². The molecule has 14 heteroatoms. The van der Waals surface area contributed by atoms with Crippen LogP contribution in [0.25, 0.3) is 22.3 Å². The number of rotatable bonds is 8. The smallest absolute Gasteiger partial charge is 0.294 e. The molecule has 3 aromatic heterocycles. The number of amides is 1. The number of nitrogens with zero attached hydrogens (tertiary/aromatic N) is 6. The zero-order chi connectivity index (χ0) is 36.4. The van der Waals surface area contributed by atoms with Gasteiger partial charge >= 0.3 is 0 Å². The molecule has 51 heavy (non-hydrogen) atoms. The predicted octanol–water partition coefficient (Wildman–Crippen LogP) is 6.57. The highest BCUT2D eigenvalue weighted by atomic mass is 32.2. The lowest BCUT2D eigenvalue weighted by atomic mass is 10.0. The second-order valence-corrected chi connectivity index (χ2v) is 14.9. The third kappa shape index (κ3) is 8.58. The maximum atomic E-state index is 14.9. The lowest BCUT2D eigenvalue weighted by molar-refractivity contribution is 0.0703. The molecule has 0 unspecified atom stereocenters. The highest BCUT2D eigenvalue weighted by Crippen LogP contribution is 2.29. The van der Waals surface area contributed by atoms with E-state index in [0.717, 1.165) is 54.5 Å². The van der Waals surface area contributed by atoms with Crippen LogP contribution in [0.1, 0.15) is 73.0 Å². The molecule has 1 aliphatic carbocycles. The molecule has 1 aliphatic heterocycles. The Labute approximate surface area is 297 Å². The monoisotopic (exact) mass is 714 g/mol. The molecule has 2 fully saturated rings. The van der Waals surface area contributed by atoms with Gasteiger partial charge < -0.3 is 20.1 Å². The highest BCUT2D eigenvalue weighted by molar-refractivity contribution is 7.85. The van der Waals surface area contributed by atoms with Crippen molar-refractivity contribution in [1.29, 1.82) is 0 Å². The highest BCUT2D eigenvalue weighted by Gasteiger charge is 2.29. The van der Waals surface area contributed by atoms with E-state index in [9.17, 15) is 17.6 Å². The van der Waals surface area contributed by atoms with Gasteiger partial charge in [-0.2, -0.15) is 8.42 Å². The Morgan fingerprint density at radius 2 is 1.61 bits per heavy atom. The van der Waals surface area contributed by atoms with E-state index in [1.807, 2.05) is 43.9 Å². The summed E-state index contributed by atoms with van der Waals surface area (Å²) in [4.78, 5) is 32.9. The minimum absolute atomic E-state index is 0.00741. The Hall–Kier alpha value is -4.79. The van der Waals surface area contributed by atoms with Crippen molar-refractivity contribution >= 4 is 38.8 Å². The number of pyridine rings is 1. The van der Waals surface area contributed by atoms with Crippen LogP contribution in [0.15, 0.2) is 65.7 Å². The Bertz CT molecular complexity index is 2160. The molecule has 5 aromatic rings. The number of aromatic nitrogens is 5. The third-order valence-electron chi connectivity index (χ3n) is 9.11. The van der Waals surface area contributed by atoms with Crippen molar-refractivity contribution in [2.45, 2.75) is 83.3 Å². The Balaban J connectivity index is 0.000000349. The van der Waals surface area contributed by atoms with Crippen molar-refractivity contribution in [2.75, 3.05) is 18.4 Å². The first-order valence-electron chi connectivity index (χ1n) is 17.1. The van der Waals surface area contributed by atoms with Crippen molar-refractivity contribution in [2.24, 2.45) is 0 Å². The van der Waals surface area contributed by atoms with Gasteiger partial charge in [0.15, 0.2) is 5.82 Å². The largest absolute Gasteiger partial charge is 0.338 e. The fourth-order valence-corrected chi connectivity index (χ4v) is 6.81. The van der Waals surface area contributed by atoms with Crippen molar-refractivity contribution in [3.63, 3.8) is 0 Å². The van der Waals surface area contributed by atoms with Crippen LogP contribution >= 0.6 is 0 Å². The number of carbonyl (C=O) groups excluding carboxylic acids is 1. The average molecular weight is 715 g/mol. The summed E-state index contributed by atoms with van der Waals surface area (Å²) in [7, 11) is -4.02. The van der Waals surface area contributed by atoms with Gasteiger partial charge in [-0.1, -0.05) is 23.8 Å². The summed E-state index contributed by atoms with van der Waals surface area (Å²) in [6.45, 7) is 11.3. The molecule has 0 atom stereocenters. The van der Waals surface area contributed by atoms with Crippen LogP contribution in [-0.4, -0.2) is 73.5 Å². The number of nitrogens with one attached hydrogen (secondary N) is 2. The van der Waals surface area contributed by atoms with E-state index < -0.39 is 15.9 Å². The van der Waals surface area contributed by atoms with Crippen molar-refractivity contribution in [3.05, 3.63) is 89.3 Å². The molecule has 2 aliphatic rings. The van der Waals surface area contributed by atoms with Gasteiger partial charge in [0.2, 0.25) is 5.95 Å². The van der Waals surface area contributed by atoms with Crippen LogP contribution in [0.4, 0.5) is 16.2 Å². The van der Waals surface area contributed by atoms with E-state index in [1.165, 1.54) is 25.0 Å². The number of imidazole rings is 1. The zero-order valence-corrected chi connectivity index (χ0v) is 30.2. The van der Waals surface area contributed by atoms with Crippen LogP contribution in [0.5, 0.6) is 0 Å². The van der Waals surface area contributed by atoms with Crippen LogP contribution in [-0.2, 0) is 10.1 Å². The van der Waals surface area contributed by atoms with Gasteiger partial charge in [0.25, 0.3) is 16.0 Å². The van der Waals surface area contributed by atoms with Gasteiger partial charge in [-0.25, -0.2) is 24.3 Å². The van der Waals surface area contributed by atoms with Crippen LogP contribution < -0.4 is 10.6 Å². The van der Waals surface area contributed by atoms with E-state index in [1.54, 1.807) is 24.3 Å². The molecule has 2 aromatic carbocycles. The number of carbonyl (C=O) groups is 1. The molecular formula is C37H43FN8O4S. The molecule has 1 saturated heterocycles. The molecule has 0 radical (unpaired) electrons. The number of benzene rings is 2. The lowest BCUT2D eigenvalue weighted by Crippen LogP contribution is -2.45. The van der Waals surface area contributed by atoms with E-state index in [-0.39, 0.29) is 28.5 Å². The first-order valence-corrected chi connectivity index (χ1v) is 18.6. The second kappa shape index (κ2) is 14.8. The SMILES string of the molecule is Cc1ccc(S(=O)(=O)O)cc1.Cc1nc(Nc2ncc(F)c(-c3ccc4nc(C)n(C(C)C)c4c3)n2)ccc1C(=O)N1CCC(NC2CC2)CC1. The number of aryl methyl sites for hydroxylation is 3. The maximum Gasteiger partial charge on any atom is 0.294 e. The summed E-state index contributed by atoms with van der Waals surface area (Å²) in [6.07, 6.45) is 5.66. The molecule has 1 saturated carbocycles. The number of halogens is 1. The molecular weight excluding hydrogens is 672 g/mol. The fraction of sp³-hybridized carbons (Fsp3) is 0.378. The minimum Gasteiger partial charge on any atom is -0.338 e. The van der Waals surface area contributed by atoms with Gasteiger partial charge in [0.1, 0.15) is 17.3 Å². The topological polar surface area (TPSA) is 155 Å². The number of likely N-dealkylation sites (tertiary alicyclic amines) is 1. The molecule has 1 amide bonds. The quantitative estimate of drug-likeness (QED) is 0.150. The van der Waals surface area contributed by atoms with Crippen molar-refractivity contribution in [3.8, 4) is 11.3 Å². The zero-order valence-electron chi connectivity index (χ0n) is 29.4. The van der Waals surface area contributed by atoms with Gasteiger partial charge in [-0.05, 0) is 96.7 Å².